The molecule has 3 aromatic rings. The number of anilines is 1. The van der Waals surface area contributed by atoms with Crippen molar-refractivity contribution < 1.29 is 13.5 Å². The second-order valence-corrected chi connectivity index (χ2v) is 7.15. The number of aromatic nitrogens is 1. The van der Waals surface area contributed by atoms with E-state index in [1.807, 2.05) is 6.07 Å². The largest absolute Gasteiger partial charge is 0.382 e. The summed E-state index contributed by atoms with van der Waals surface area (Å²) in [5.74, 6) is -0.996. The van der Waals surface area contributed by atoms with Crippen LogP contribution in [0.4, 0.5) is 14.5 Å². The summed E-state index contributed by atoms with van der Waals surface area (Å²) < 4.78 is 33.7. The van der Waals surface area contributed by atoms with Crippen molar-refractivity contribution in [3.63, 3.8) is 0 Å². The van der Waals surface area contributed by atoms with Crippen LogP contribution in [0.25, 0.3) is 10.9 Å². The molecule has 4 nitrogen and oxygen atoms in total. The zero-order valence-corrected chi connectivity index (χ0v) is 14.9. The summed E-state index contributed by atoms with van der Waals surface area (Å²) in [6.07, 6.45) is 1.50. The van der Waals surface area contributed by atoms with Gasteiger partial charge in [0, 0.05) is 36.4 Å². The van der Waals surface area contributed by atoms with Crippen molar-refractivity contribution in [3.8, 4) is 0 Å². The molecule has 3 heterocycles. The first-order valence-corrected chi connectivity index (χ1v) is 9.44. The second kappa shape index (κ2) is 7.65. The molecule has 7 heteroatoms. The number of fused-ring (bicyclic) bond motifs is 1. The van der Waals surface area contributed by atoms with Gasteiger partial charge in [-0.25, -0.2) is 8.78 Å². The molecule has 0 bridgehead atoms. The van der Waals surface area contributed by atoms with Crippen LogP contribution in [-0.2, 0) is 4.74 Å². The van der Waals surface area contributed by atoms with Gasteiger partial charge in [-0.15, -0.1) is 11.3 Å². The summed E-state index contributed by atoms with van der Waals surface area (Å²) in [5, 5.41) is 5.57. The highest BCUT2D eigenvalue weighted by Gasteiger charge is 2.23. The van der Waals surface area contributed by atoms with Gasteiger partial charge in [0.25, 0.3) is 0 Å². The molecule has 2 aromatic heterocycles. The van der Waals surface area contributed by atoms with Gasteiger partial charge >= 0.3 is 0 Å². The molecular weight excluding hydrogens is 356 g/mol. The van der Waals surface area contributed by atoms with Crippen molar-refractivity contribution in [1.29, 1.82) is 0 Å². The maximum Gasteiger partial charge on any atom is 0.149 e. The zero-order chi connectivity index (χ0) is 17.9. The quantitative estimate of drug-likeness (QED) is 0.730. The molecule has 0 aliphatic carbocycles. The van der Waals surface area contributed by atoms with Crippen LogP contribution in [0.15, 0.2) is 41.9 Å². The number of morpholine rings is 1. The van der Waals surface area contributed by atoms with Crippen molar-refractivity contribution >= 4 is 27.9 Å². The predicted molar refractivity (Wildman–Crippen MR) is 99.6 cm³/mol. The van der Waals surface area contributed by atoms with Crippen LogP contribution in [-0.4, -0.2) is 42.7 Å². The Kier molecular flexibility index (Phi) is 5.10. The van der Waals surface area contributed by atoms with E-state index in [4.69, 9.17) is 4.74 Å². The van der Waals surface area contributed by atoms with E-state index >= 15 is 0 Å². The smallest absolute Gasteiger partial charge is 0.149 e. The molecule has 1 atom stereocenters. The Balaban J connectivity index is 1.62. The van der Waals surface area contributed by atoms with Gasteiger partial charge in [0.05, 0.1) is 24.6 Å². The van der Waals surface area contributed by atoms with Crippen LogP contribution in [0, 0.1) is 11.6 Å². The van der Waals surface area contributed by atoms with Crippen LogP contribution < -0.4 is 5.32 Å². The Morgan fingerprint density at radius 2 is 1.96 bits per heavy atom. The van der Waals surface area contributed by atoms with E-state index in [1.54, 1.807) is 17.4 Å². The fourth-order valence-electron chi connectivity index (χ4n) is 3.33. The summed E-state index contributed by atoms with van der Waals surface area (Å²) in [7, 11) is 0. The molecule has 26 heavy (non-hydrogen) atoms. The molecule has 1 unspecified atom stereocenters. The Hall–Kier alpha value is -2.09. The topological polar surface area (TPSA) is 37.4 Å². The SMILES string of the molecule is Fc1ccc(F)c2c(NCC(c3cccs3)N3CCOCC3)ccnc12. The lowest BCUT2D eigenvalue weighted by Gasteiger charge is -2.34. The lowest BCUT2D eigenvalue weighted by molar-refractivity contribution is 0.0194. The van der Waals surface area contributed by atoms with Gasteiger partial charge in [0.1, 0.15) is 17.2 Å². The Morgan fingerprint density at radius 3 is 2.73 bits per heavy atom. The summed E-state index contributed by atoms with van der Waals surface area (Å²) in [4.78, 5) is 7.59. The number of hydrogen-bond acceptors (Lipinski definition) is 5. The number of thiophene rings is 1. The predicted octanol–water partition coefficient (Wildman–Crippen LogP) is 4.06. The molecule has 4 rings (SSSR count). The third-order valence-corrected chi connectivity index (χ3v) is 5.61. The average Bonchev–Trinajstić information content (AvgIpc) is 3.20. The minimum atomic E-state index is -0.520. The van der Waals surface area contributed by atoms with E-state index < -0.39 is 11.6 Å². The highest BCUT2D eigenvalue weighted by atomic mass is 32.1. The number of pyridine rings is 1. The first-order valence-electron chi connectivity index (χ1n) is 8.56. The molecule has 1 fully saturated rings. The van der Waals surface area contributed by atoms with Crippen LogP contribution in [0.3, 0.4) is 0 Å². The van der Waals surface area contributed by atoms with Crippen LogP contribution >= 0.6 is 11.3 Å². The van der Waals surface area contributed by atoms with Gasteiger partial charge in [-0.05, 0) is 29.6 Å². The summed E-state index contributed by atoms with van der Waals surface area (Å²) >= 11 is 1.70. The highest BCUT2D eigenvalue weighted by Crippen LogP contribution is 2.30. The number of rotatable bonds is 5. The fourth-order valence-corrected chi connectivity index (χ4v) is 4.19. The molecule has 136 valence electrons. The first-order chi connectivity index (χ1) is 12.7. The van der Waals surface area contributed by atoms with Gasteiger partial charge < -0.3 is 10.1 Å². The van der Waals surface area contributed by atoms with E-state index in [9.17, 15) is 8.78 Å². The number of nitrogens with zero attached hydrogens (tertiary/aromatic N) is 2. The van der Waals surface area contributed by atoms with Crippen molar-refractivity contribution in [1.82, 2.24) is 9.88 Å². The molecule has 1 aliphatic rings. The summed E-state index contributed by atoms with van der Waals surface area (Å²) in [6.45, 7) is 3.71. The van der Waals surface area contributed by atoms with E-state index in [1.165, 1.54) is 11.1 Å². The van der Waals surface area contributed by atoms with Crippen molar-refractivity contribution in [2.75, 3.05) is 38.2 Å². The standard InChI is InChI=1S/C19H19F2N3OS/c20-13-3-4-14(21)19-18(13)15(5-6-22-19)23-12-16(17-2-1-11-26-17)24-7-9-25-10-8-24/h1-6,11,16H,7-10,12H2,(H,22,23). The number of ether oxygens (including phenoxy) is 1. The van der Waals surface area contributed by atoms with Crippen molar-refractivity contribution in [2.24, 2.45) is 0 Å². The van der Waals surface area contributed by atoms with E-state index in [-0.39, 0.29) is 16.9 Å². The number of benzene rings is 1. The molecular formula is C19H19F2N3OS. The lowest BCUT2D eigenvalue weighted by atomic mass is 10.1. The molecule has 0 spiro atoms. The lowest BCUT2D eigenvalue weighted by Crippen LogP contribution is -2.41. The molecule has 1 aromatic carbocycles. The average molecular weight is 375 g/mol. The second-order valence-electron chi connectivity index (χ2n) is 6.17. The Labute approximate surface area is 154 Å². The van der Waals surface area contributed by atoms with E-state index in [2.05, 4.69) is 26.6 Å². The zero-order valence-electron chi connectivity index (χ0n) is 14.1. The van der Waals surface area contributed by atoms with Gasteiger partial charge in [-0.3, -0.25) is 9.88 Å². The number of halogens is 2. The Morgan fingerprint density at radius 1 is 1.15 bits per heavy atom. The van der Waals surface area contributed by atoms with Crippen LogP contribution in [0.2, 0.25) is 0 Å². The normalized spacial score (nSPS) is 16.7. The summed E-state index contributed by atoms with van der Waals surface area (Å²) in [6, 6.07) is 8.23. The van der Waals surface area contributed by atoms with Gasteiger partial charge in [-0.2, -0.15) is 0 Å². The minimum absolute atomic E-state index is 0.0500. The van der Waals surface area contributed by atoms with E-state index in [0.29, 0.717) is 25.4 Å². The Bertz CT molecular complexity index is 882. The molecule has 1 saturated heterocycles. The maximum absolute atomic E-state index is 14.3. The summed E-state index contributed by atoms with van der Waals surface area (Å²) in [5.41, 5.74) is 0.607. The van der Waals surface area contributed by atoms with Gasteiger partial charge in [0.2, 0.25) is 0 Å². The fraction of sp³-hybridized carbons (Fsp3) is 0.316. The van der Waals surface area contributed by atoms with Gasteiger partial charge in [0.15, 0.2) is 0 Å². The molecule has 0 amide bonds. The molecule has 0 saturated carbocycles. The minimum Gasteiger partial charge on any atom is -0.382 e. The molecule has 1 N–H and O–H groups in total. The van der Waals surface area contributed by atoms with Crippen molar-refractivity contribution in [3.05, 3.63) is 58.4 Å². The first kappa shape index (κ1) is 17.3. The molecule has 0 radical (unpaired) electrons. The molecule has 1 aliphatic heterocycles. The van der Waals surface area contributed by atoms with Crippen LogP contribution in [0.5, 0.6) is 0 Å². The third-order valence-electron chi connectivity index (χ3n) is 4.64. The number of hydrogen-bond donors (Lipinski definition) is 1. The van der Waals surface area contributed by atoms with Crippen molar-refractivity contribution in [2.45, 2.75) is 6.04 Å². The number of nitrogens with one attached hydrogen (secondary N) is 1. The van der Waals surface area contributed by atoms with E-state index in [0.717, 1.165) is 25.2 Å². The van der Waals surface area contributed by atoms with Gasteiger partial charge in [-0.1, -0.05) is 6.07 Å². The van der Waals surface area contributed by atoms with Crippen LogP contribution in [0.1, 0.15) is 10.9 Å². The highest BCUT2D eigenvalue weighted by molar-refractivity contribution is 7.10. The maximum atomic E-state index is 14.3. The monoisotopic (exact) mass is 375 g/mol. The third kappa shape index (κ3) is 3.42.